The molecule has 0 radical (unpaired) electrons. The Bertz CT molecular complexity index is 382. The Labute approximate surface area is 74.8 Å². The number of aromatic nitrogens is 2. The largest absolute Gasteiger partial charge is 0.278 e. The van der Waals surface area contributed by atoms with Crippen molar-refractivity contribution in [2.75, 3.05) is 0 Å². The Morgan fingerprint density at radius 2 is 2.42 bits per heavy atom. The molecule has 2 aromatic rings. The van der Waals surface area contributed by atoms with Crippen molar-refractivity contribution in [3.05, 3.63) is 30.0 Å². The summed E-state index contributed by atoms with van der Waals surface area (Å²) in [7, 11) is 0. The minimum atomic E-state index is 0.669. The zero-order valence-electron chi connectivity index (χ0n) is 6.34. The summed E-state index contributed by atoms with van der Waals surface area (Å²) in [6, 6.07) is 6.05. The lowest BCUT2D eigenvalue weighted by atomic mass is 10.2. The highest BCUT2D eigenvalue weighted by Gasteiger charge is 1.96. The average Bonchev–Trinajstić information content (AvgIpc) is 2.51. The van der Waals surface area contributed by atoms with Gasteiger partial charge in [-0.25, -0.2) is 4.84 Å². The summed E-state index contributed by atoms with van der Waals surface area (Å²) in [5.74, 6) is 0. The standard InChI is InChI=1S/C8H8ClN3/c9-10-4-6-1-2-8-7(3-6)5-11-12-8/h1-3,5,10H,4H2,(H,11,12). The molecule has 0 unspecified atom stereocenters. The van der Waals surface area contributed by atoms with E-state index >= 15 is 0 Å². The Morgan fingerprint density at radius 3 is 3.25 bits per heavy atom. The Morgan fingerprint density at radius 1 is 1.50 bits per heavy atom. The molecule has 12 heavy (non-hydrogen) atoms. The van der Waals surface area contributed by atoms with Gasteiger partial charge in [-0.05, 0) is 29.5 Å². The summed E-state index contributed by atoms with van der Waals surface area (Å²) in [4.78, 5) is 2.58. The Balaban J connectivity index is 2.46. The van der Waals surface area contributed by atoms with Crippen molar-refractivity contribution in [1.82, 2.24) is 15.0 Å². The van der Waals surface area contributed by atoms with Crippen molar-refractivity contribution in [2.45, 2.75) is 6.54 Å². The number of halogens is 1. The third kappa shape index (κ3) is 1.29. The van der Waals surface area contributed by atoms with Crippen molar-refractivity contribution in [3.8, 4) is 0 Å². The lowest BCUT2D eigenvalue weighted by Crippen LogP contribution is -1.97. The number of hydrogen-bond acceptors (Lipinski definition) is 2. The van der Waals surface area contributed by atoms with E-state index in [0.717, 1.165) is 16.5 Å². The molecule has 0 bridgehead atoms. The van der Waals surface area contributed by atoms with Crippen LogP contribution in [0, 0.1) is 0 Å². The molecule has 0 amide bonds. The van der Waals surface area contributed by atoms with Crippen LogP contribution in [0.15, 0.2) is 24.4 Å². The van der Waals surface area contributed by atoms with Gasteiger partial charge in [-0.2, -0.15) is 5.10 Å². The van der Waals surface area contributed by atoms with Gasteiger partial charge >= 0.3 is 0 Å². The zero-order valence-corrected chi connectivity index (χ0v) is 7.10. The number of fused-ring (bicyclic) bond motifs is 1. The van der Waals surface area contributed by atoms with Crippen LogP contribution in [-0.2, 0) is 6.54 Å². The summed E-state index contributed by atoms with van der Waals surface area (Å²) < 4.78 is 0. The van der Waals surface area contributed by atoms with Gasteiger partial charge in [0.2, 0.25) is 0 Å². The first-order chi connectivity index (χ1) is 5.90. The molecular weight excluding hydrogens is 174 g/mol. The number of rotatable bonds is 2. The minimum Gasteiger partial charge on any atom is -0.278 e. The van der Waals surface area contributed by atoms with Gasteiger partial charge < -0.3 is 0 Å². The van der Waals surface area contributed by atoms with Crippen LogP contribution in [0.4, 0.5) is 0 Å². The van der Waals surface area contributed by atoms with Gasteiger partial charge in [0, 0.05) is 11.9 Å². The maximum atomic E-state index is 5.39. The molecule has 4 heteroatoms. The third-order valence-corrected chi connectivity index (χ3v) is 1.91. The Hall–Kier alpha value is -1.06. The van der Waals surface area contributed by atoms with Gasteiger partial charge in [-0.15, -0.1) is 0 Å². The predicted molar refractivity (Wildman–Crippen MR) is 48.8 cm³/mol. The van der Waals surface area contributed by atoms with Crippen LogP contribution in [0.5, 0.6) is 0 Å². The molecule has 1 aromatic carbocycles. The second-order valence-electron chi connectivity index (χ2n) is 2.60. The van der Waals surface area contributed by atoms with Gasteiger partial charge in [-0.3, -0.25) is 5.10 Å². The molecule has 1 heterocycles. The SMILES string of the molecule is ClNCc1ccc2[nH]ncc2c1. The van der Waals surface area contributed by atoms with E-state index in [4.69, 9.17) is 11.8 Å². The Kier molecular flexibility index (Phi) is 1.98. The maximum Gasteiger partial charge on any atom is 0.0650 e. The van der Waals surface area contributed by atoms with Crippen LogP contribution >= 0.6 is 11.8 Å². The van der Waals surface area contributed by atoms with Crippen molar-refractivity contribution in [2.24, 2.45) is 0 Å². The quantitative estimate of drug-likeness (QED) is 0.694. The van der Waals surface area contributed by atoms with Gasteiger partial charge in [-0.1, -0.05) is 6.07 Å². The number of aromatic amines is 1. The highest BCUT2D eigenvalue weighted by atomic mass is 35.5. The van der Waals surface area contributed by atoms with E-state index in [0.29, 0.717) is 6.54 Å². The fraction of sp³-hybridized carbons (Fsp3) is 0.125. The summed E-state index contributed by atoms with van der Waals surface area (Å²) >= 11 is 5.39. The molecule has 0 aliphatic carbocycles. The molecule has 0 spiro atoms. The predicted octanol–water partition coefficient (Wildman–Crippen LogP) is 1.81. The van der Waals surface area contributed by atoms with Crippen molar-refractivity contribution < 1.29 is 0 Å². The highest BCUT2D eigenvalue weighted by Crippen LogP contribution is 2.12. The van der Waals surface area contributed by atoms with E-state index in [1.165, 1.54) is 0 Å². The zero-order chi connectivity index (χ0) is 8.39. The summed E-state index contributed by atoms with van der Waals surface area (Å²) in [5, 5.41) is 7.92. The van der Waals surface area contributed by atoms with E-state index in [1.807, 2.05) is 18.2 Å². The summed E-state index contributed by atoms with van der Waals surface area (Å²) in [5.41, 5.74) is 2.20. The molecule has 0 aliphatic heterocycles. The van der Waals surface area contributed by atoms with Gasteiger partial charge in [0.15, 0.2) is 0 Å². The first-order valence-corrected chi connectivity index (χ1v) is 4.03. The van der Waals surface area contributed by atoms with E-state index in [1.54, 1.807) is 6.20 Å². The number of hydrogen-bond donors (Lipinski definition) is 2. The second-order valence-corrected chi connectivity index (χ2v) is 2.87. The molecule has 62 valence electrons. The van der Waals surface area contributed by atoms with Gasteiger partial charge in [0.1, 0.15) is 0 Å². The smallest absolute Gasteiger partial charge is 0.0650 e. The molecule has 3 nitrogen and oxygen atoms in total. The van der Waals surface area contributed by atoms with Gasteiger partial charge in [0.25, 0.3) is 0 Å². The molecule has 0 atom stereocenters. The van der Waals surface area contributed by atoms with E-state index in [9.17, 15) is 0 Å². The van der Waals surface area contributed by atoms with Crippen LogP contribution < -0.4 is 4.84 Å². The van der Waals surface area contributed by atoms with Crippen LogP contribution in [0.25, 0.3) is 10.9 Å². The number of H-pyrrole nitrogens is 1. The first-order valence-electron chi connectivity index (χ1n) is 3.65. The molecule has 2 rings (SSSR count). The van der Waals surface area contributed by atoms with Crippen LogP contribution in [0.3, 0.4) is 0 Å². The maximum absolute atomic E-state index is 5.39. The minimum absolute atomic E-state index is 0.669. The fourth-order valence-electron chi connectivity index (χ4n) is 1.18. The lowest BCUT2D eigenvalue weighted by molar-refractivity contribution is 0.966. The third-order valence-electron chi connectivity index (χ3n) is 1.78. The summed E-state index contributed by atoms with van der Waals surface area (Å²) in [6.45, 7) is 0.669. The topological polar surface area (TPSA) is 40.7 Å². The molecule has 0 saturated heterocycles. The monoisotopic (exact) mass is 181 g/mol. The second kappa shape index (κ2) is 3.13. The van der Waals surface area contributed by atoms with E-state index < -0.39 is 0 Å². The fourth-order valence-corrected chi connectivity index (χ4v) is 1.33. The molecule has 0 fully saturated rings. The molecule has 2 N–H and O–H groups in total. The highest BCUT2D eigenvalue weighted by molar-refractivity contribution is 6.13. The molecule has 1 aromatic heterocycles. The van der Waals surface area contributed by atoms with Crippen LogP contribution in [0.1, 0.15) is 5.56 Å². The van der Waals surface area contributed by atoms with Crippen LogP contribution in [-0.4, -0.2) is 10.2 Å². The van der Waals surface area contributed by atoms with E-state index in [-0.39, 0.29) is 0 Å². The van der Waals surface area contributed by atoms with Crippen LogP contribution in [0.2, 0.25) is 0 Å². The van der Waals surface area contributed by atoms with Crippen molar-refractivity contribution >= 4 is 22.7 Å². The number of nitrogens with zero attached hydrogens (tertiary/aromatic N) is 1. The van der Waals surface area contributed by atoms with Crippen molar-refractivity contribution in [1.29, 1.82) is 0 Å². The normalized spacial score (nSPS) is 10.8. The van der Waals surface area contributed by atoms with Gasteiger partial charge in [0.05, 0.1) is 11.7 Å². The molecule has 0 aliphatic rings. The number of benzene rings is 1. The van der Waals surface area contributed by atoms with E-state index in [2.05, 4.69) is 15.0 Å². The number of nitrogens with one attached hydrogen (secondary N) is 2. The average molecular weight is 182 g/mol. The molecule has 0 saturated carbocycles. The lowest BCUT2D eigenvalue weighted by Gasteiger charge is -1.96. The van der Waals surface area contributed by atoms with Crippen molar-refractivity contribution in [3.63, 3.8) is 0 Å². The first kappa shape index (κ1) is 7.58. The summed E-state index contributed by atoms with van der Waals surface area (Å²) in [6.07, 6.45) is 1.80. The molecular formula is C8H8ClN3.